The van der Waals surface area contributed by atoms with Gasteiger partial charge in [-0.15, -0.1) is 0 Å². The summed E-state index contributed by atoms with van der Waals surface area (Å²) in [6, 6.07) is 3.65. The first-order valence-electron chi connectivity index (χ1n) is 6.64. The van der Waals surface area contributed by atoms with E-state index in [2.05, 4.69) is 20.4 Å². The number of hydrogen-bond donors (Lipinski definition) is 1. The van der Waals surface area contributed by atoms with Gasteiger partial charge in [-0.05, 0) is 32.9 Å². The summed E-state index contributed by atoms with van der Waals surface area (Å²) in [5.74, 6) is 0.931. The first-order chi connectivity index (χ1) is 9.94. The molecular weight excluding hydrogens is 272 g/mol. The Morgan fingerprint density at radius 2 is 2.24 bits per heavy atom. The van der Waals surface area contributed by atoms with Crippen LogP contribution in [0.2, 0.25) is 0 Å². The van der Waals surface area contributed by atoms with Gasteiger partial charge in [0.25, 0.3) is 0 Å². The van der Waals surface area contributed by atoms with Crippen molar-refractivity contribution in [1.82, 2.24) is 20.4 Å². The molecule has 7 nitrogen and oxygen atoms in total. The van der Waals surface area contributed by atoms with E-state index in [1.54, 1.807) is 18.5 Å². The van der Waals surface area contributed by atoms with Crippen molar-refractivity contribution in [3.8, 4) is 11.4 Å². The van der Waals surface area contributed by atoms with E-state index in [4.69, 9.17) is 9.26 Å². The maximum atomic E-state index is 11.5. The van der Waals surface area contributed by atoms with Crippen molar-refractivity contribution >= 4 is 6.09 Å². The molecule has 1 N–H and O–H groups in total. The number of rotatable bonds is 4. The van der Waals surface area contributed by atoms with Crippen LogP contribution in [0.5, 0.6) is 0 Å². The number of hydrogen-bond acceptors (Lipinski definition) is 6. The Balaban J connectivity index is 1.83. The van der Waals surface area contributed by atoms with Gasteiger partial charge >= 0.3 is 6.09 Å². The topological polar surface area (TPSA) is 90.1 Å². The molecule has 0 spiro atoms. The highest BCUT2D eigenvalue weighted by atomic mass is 16.6. The molecule has 0 fully saturated rings. The lowest BCUT2D eigenvalue weighted by atomic mass is 10.2. The lowest BCUT2D eigenvalue weighted by Gasteiger charge is -2.19. The van der Waals surface area contributed by atoms with E-state index in [0.29, 0.717) is 24.7 Å². The van der Waals surface area contributed by atoms with E-state index in [-0.39, 0.29) is 0 Å². The Hall–Kier alpha value is -2.44. The Labute approximate surface area is 122 Å². The van der Waals surface area contributed by atoms with Crippen LogP contribution in [0.25, 0.3) is 11.4 Å². The monoisotopic (exact) mass is 290 g/mol. The zero-order valence-corrected chi connectivity index (χ0v) is 12.3. The summed E-state index contributed by atoms with van der Waals surface area (Å²) < 4.78 is 10.2. The molecule has 21 heavy (non-hydrogen) atoms. The van der Waals surface area contributed by atoms with Crippen molar-refractivity contribution in [2.24, 2.45) is 0 Å². The second-order valence-electron chi connectivity index (χ2n) is 5.43. The predicted octanol–water partition coefficient (Wildman–Crippen LogP) is 2.20. The zero-order valence-electron chi connectivity index (χ0n) is 12.3. The van der Waals surface area contributed by atoms with E-state index in [0.717, 1.165) is 5.56 Å². The third kappa shape index (κ3) is 4.87. The van der Waals surface area contributed by atoms with Crippen LogP contribution in [-0.4, -0.2) is 33.4 Å². The summed E-state index contributed by atoms with van der Waals surface area (Å²) in [6.45, 7) is 5.80. The summed E-state index contributed by atoms with van der Waals surface area (Å²) in [5.41, 5.74) is 0.273. The second-order valence-corrected chi connectivity index (χ2v) is 5.43. The molecule has 0 aromatic carbocycles. The van der Waals surface area contributed by atoms with Crippen molar-refractivity contribution in [2.75, 3.05) is 6.54 Å². The quantitative estimate of drug-likeness (QED) is 0.928. The number of carbonyl (C=O) groups is 1. The van der Waals surface area contributed by atoms with E-state index in [1.165, 1.54) is 0 Å². The molecule has 0 aliphatic carbocycles. The molecule has 2 aromatic heterocycles. The van der Waals surface area contributed by atoms with E-state index in [1.807, 2.05) is 26.8 Å². The Bertz CT molecular complexity index is 590. The number of ether oxygens (including phenoxy) is 1. The molecule has 0 atom stereocenters. The molecule has 7 heteroatoms. The van der Waals surface area contributed by atoms with Crippen molar-refractivity contribution < 1.29 is 14.1 Å². The van der Waals surface area contributed by atoms with Gasteiger partial charge in [-0.3, -0.25) is 4.98 Å². The second kappa shape index (κ2) is 6.34. The van der Waals surface area contributed by atoms with Crippen molar-refractivity contribution in [3.63, 3.8) is 0 Å². The smallest absolute Gasteiger partial charge is 0.407 e. The van der Waals surface area contributed by atoms with Gasteiger partial charge in [0.1, 0.15) is 5.60 Å². The standard InChI is InChI=1S/C14H18N4O3/c1-14(2,3)20-13(19)16-8-6-11-17-12(18-21-11)10-5-4-7-15-9-10/h4-5,7,9H,6,8H2,1-3H3,(H,16,19). The van der Waals surface area contributed by atoms with Crippen LogP contribution in [0.15, 0.2) is 29.0 Å². The van der Waals surface area contributed by atoms with E-state index in [9.17, 15) is 4.79 Å². The number of amides is 1. The van der Waals surface area contributed by atoms with Gasteiger partial charge in [-0.25, -0.2) is 4.79 Å². The highest BCUT2D eigenvalue weighted by Crippen LogP contribution is 2.13. The third-order valence-electron chi connectivity index (χ3n) is 2.39. The molecule has 1 amide bonds. The fourth-order valence-electron chi connectivity index (χ4n) is 1.55. The lowest BCUT2D eigenvalue weighted by Crippen LogP contribution is -2.33. The molecule has 2 aromatic rings. The lowest BCUT2D eigenvalue weighted by molar-refractivity contribution is 0.0527. The van der Waals surface area contributed by atoms with Crippen LogP contribution in [0.3, 0.4) is 0 Å². The summed E-state index contributed by atoms with van der Waals surface area (Å²) in [5, 5.41) is 6.51. The third-order valence-corrected chi connectivity index (χ3v) is 2.39. The molecule has 0 unspecified atom stereocenters. The average molecular weight is 290 g/mol. The molecular formula is C14H18N4O3. The first-order valence-corrected chi connectivity index (χ1v) is 6.64. The van der Waals surface area contributed by atoms with Crippen molar-refractivity contribution in [3.05, 3.63) is 30.4 Å². The number of nitrogens with zero attached hydrogens (tertiary/aromatic N) is 3. The molecule has 112 valence electrons. The Morgan fingerprint density at radius 3 is 2.90 bits per heavy atom. The Kier molecular flexibility index (Phi) is 4.52. The minimum absolute atomic E-state index is 0.365. The summed E-state index contributed by atoms with van der Waals surface area (Å²) in [7, 11) is 0. The molecule has 0 aliphatic heterocycles. The van der Waals surface area contributed by atoms with Crippen LogP contribution in [0, 0.1) is 0 Å². The molecule has 2 rings (SSSR count). The molecule has 0 saturated heterocycles. The van der Waals surface area contributed by atoms with Gasteiger partial charge in [0, 0.05) is 30.9 Å². The van der Waals surface area contributed by atoms with Crippen LogP contribution < -0.4 is 5.32 Å². The Morgan fingerprint density at radius 1 is 1.43 bits per heavy atom. The molecule has 0 saturated carbocycles. The minimum atomic E-state index is -0.512. The van der Waals surface area contributed by atoms with Crippen molar-refractivity contribution in [1.29, 1.82) is 0 Å². The molecule has 0 aliphatic rings. The molecule has 0 bridgehead atoms. The highest BCUT2D eigenvalue weighted by Gasteiger charge is 2.16. The van der Waals surface area contributed by atoms with Crippen LogP contribution in [0.4, 0.5) is 4.79 Å². The van der Waals surface area contributed by atoms with Gasteiger partial charge < -0.3 is 14.6 Å². The van der Waals surface area contributed by atoms with Crippen molar-refractivity contribution in [2.45, 2.75) is 32.8 Å². The van der Waals surface area contributed by atoms with Crippen LogP contribution in [-0.2, 0) is 11.2 Å². The fraction of sp³-hybridized carbons (Fsp3) is 0.429. The number of alkyl carbamates (subject to hydrolysis) is 1. The average Bonchev–Trinajstić information content (AvgIpc) is 2.86. The number of nitrogens with one attached hydrogen (secondary N) is 1. The van der Waals surface area contributed by atoms with E-state index >= 15 is 0 Å². The minimum Gasteiger partial charge on any atom is -0.444 e. The largest absolute Gasteiger partial charge is 0.444 e. The SMILES string of the molecule is CC(C)(C)OC(=O)NCCc1nc(-c2cccnc2)no1. The molecule has 0 radical (unpaired) electrons. The number of aromatic nitrogens is 3. The first kappa shape index (κ1) is 15.0. The van der Waals surface area contributed by atoms with Gasteiger partial charge in [-0.2, -0.15) is 4.98 Å². The van der Waals surface area contributed by atoms with Gasteiger partial charge in [0.2, 0.25) is 11.7 Å². The summed E-state index contributed by atoms with van der Waals surface area (Å²) in [6.07, 6.45) is 3.31. The van der Waals surface area contributed by atoms with Crippen LogP contribution >= 0.6 is 0 Å². The maximum absolute atomic E-state index is 11.5. The fourth-order valence-corrected chi connectivity index (χ4v) is 1.55. The molecule has 2 heterocycles. The highest BCUT2D eigenvalue weighted by molar-refractivity contribution is 5.67. The van der Waals surface area contributed by atoms with E-state index < -0.39 is 11.7 Å². The number of pyridine rings is 1. The van der Waals surface area contributed by atoms with Gasteiger partial charge in [0.05, 0.1) is 0 Å². The predicted molar refractivity (Wildman–Crippen MR) is 75.5 cm³/mol. The normalized spacial score (nSPS) is 11.2. The van der Waals surface area contributed by atoms with Crippen LogP contribution in [0.1, 0.15) is 26.7 Å². The summed E-state index contributed by atoms with van der Waals surface area (Å²) in [4.78, 5) is 19.7. The summed E-state index contributed by atoms with van der Waals surface area (Å²) >= 11 is 0. The van der Waals surface area contributed by atoms with Gasteiger partial charge in [0.15, 0.2) is 0 Å². The zero-order chi connectivity index (χ0) is 15.3. The number of carbonyl (C=O) groups excluding carboxylic acids is 1. The maximum Gasteiger partial charge on any atom is 0.407 e. The van der Waals surface area contributed by atoms with Gasteiger partial charge in [-0.1, -0.05) is 5.16 Å².